The molecule has 0 unspecified atom stereocenters. The monoisotopic (exact) mass is 374 g/mol. The van der Waals surface area contributed by atoms with Crippen LogP contribution >= 0.6 is 0 Å². The molecule has 1 amide bonds. The second-order valence-corrected chi connectivity index (χ2v) is 8.50. The summed E-state index contributed by atoms with van der Waals surface area (Å²) >= 11 is 0. The van der Waals surface area contributed by atoms with E-state index < -0.39 is 10.0 Å². The molecule has 140 valence electrons. The zero-order valence-electron chi connectivity index (χ0n) is 15.5. The Morgan fingerprint density at radius 3 is 2.35 bits per heavy atom. The first-order valence-corrected chi connectivity index (χ1v) is 10.5. The first-order valence-electron chi connectivity index (χ1n) is 8.62. The van der Waals surface area contributed by atoms with Crippen molar-refractivity contribution in [2.75, 3.05) is 24.7 Å². The minimum absolute atomic E-state index is 0.120. The highest BCUT2D eigenvalue weighted by molar-refractivity contribution is 7.88. The molecule has 2 aromatic rings. The Labute approximate surface area is 156 Å². The third-order valence-corrected chi connectivity index (χ3v) is 5.51. The van der Waals surface area contributed by atoms with Crippen molar-refractivity contribution in [2.24, 2.45) is 0 Å². The van der Waals surface area contributed by atoms with Crippen molar-refractivity contribution < 1.29 is 13.2 Å². The van der Waals surface area contributed by atoms with Crippen molar-refractivity contribution in [3.63, 3.8) is 0 Å². The Morgan fingerprint density at radius 2 is 1.73 bits per heavy atom. The number of rotatable bonds is 8. The van der Waals surface area contributed by atoms with Gasteiger partial charge >= 0.3 is 0 Å². The number of carbonyl (C=O) groups excluding carboxylic acids is 1. The Morgan fingerprint density at radius 1 is 1.04 bits per heavy atom. The summed E-state index contributed by atoms with van der Waals surface area (Å²) in [6, 6.07) is 15.5. The zero-order valence-corrected chi connectivity index (χ0v) is 16.3. The molecule has 2 rings (SSSR count). The van der Waals surface area contributed by atoms with Crippen molar-refractivity contribution in [3.05, 3.63) is 65.2 Å². The average molecular weight is 375 g/mol. The summed E-state index contributed by atoms with van der Waals surface area (Å²) in [6.07, 6.45) is 1.92. The Kier molecular flexibility index (Phi) is 6.94. The SMILES string of the molecule is Cc1ccc(NC(=O)CCN(CCc2ccccc2)S(C)(=O)=O)c(C)c1. The van der Waals surface area contributed by atoms with Gasteiger partial charge in [-0.3, -0.25) is 4.79 Å². The van der Waals surface area contributed by atoms with E-state index in [0.29, 0.717) is 13.0 Å². The van der Waals surface area contributed by atoms with Gasteiger partial charge in [0.25, 0.3) is 0 Å². The summed E-state index contributed by atoms with van der Waals surface area (Å²) in [6.45, 7) is 4.46. The van der Waals surface area contributed by atoms with Gasteiger partial charge in [0.1, 0.15) is 0 Å². The fourth-order valence-electron chi connectivity index (χ4n) is 2.73. The van der Waals surface area contributed by atoms with Crippen molar-refractivity contribution in [1.82, 2.24) is 4.31 Å². The molecule has 0 spiro atoms. The van der Waals surface area contributed by atoms with Crippen LogP contribution in [-0.4, -0.2) is 38.0 Å². The van der Waals surface area contributed by atoms with Gasteiger partial charge < -0.3 is 5.32 Å². The fraction of sp³-hybridized carbons (Fsp3) is 0.350. The number of amides is 1. The molecule has 2 aromatic carbocycles. The minimum Gasteiger partial charge on any atom is -0.326 e. The van der Waals surface area contributed by atoms with E-state index in [1.54, 1.807) is 0 Å². The number of aryl methyl sites for hydroxylation is 2. The summed E-state index contributed by atoms with van der Waals surface area (Å²) in [5, 5.41) is 2.86. The van der Waals surface area contributed by atoms with Gasteiger partial charge in [-0.2, -0.15) is 0 Å². The highest BCUT2D eigenvalue weighted by Gasteiger charge is 2.18. The molecule has 6 heteroatoms. The lowest BCUT2D eigenvalue weighted by Crippen LogP contribution is -2.34. The topological polar surface area (TPSA) is 66.5 Å². The molecule has 0 aromatic heterocycles. The molecular formula is C20H26N2O3S. The van der Waals surface area contributed by atoms with Gasteiger partial charge in [0.15, 0.2) is 0 Å². The first-order chi connectivity index (χ1) is 12.3. The normalized spacial score (nSPS) is 11.5. The molecule has 0 aliphatic rings. The van der Waals surface area contributed by atoms with Gasteiger partial charge in [-0.15, -0.1) is 0 Å². The summed E-state index contributed by atoms with van der Waals surface area (Å²) in [5.74, 6) is -0.190. The van der Waals surface area contributed by atoms with Crippen LogP contribution in [0.15, 0.2) is 48.5 Å². The zero-order chi connectivity index (χ0) is 19.2. The van der Waals surface area contributed by atoms with Crippen molar-refractivity contribution >= 4 is 21.6 Å². The fourth-order valence-corrected chi connectivity index (χ4v) is 3.58. The molecule has 1 N–H and O–H groups in total. The van der Waals surface area contributed by atoms with Crippen molar-refractivity contribution in [2.45, 2.75) is 26.7 Å². The maximum Gasteiger partial charge on any atom is 0.225 e. The van der Waals surface area contributed by atoms with E-state index in [4.69, 9.17) is 0 Å². The molecule has 0 aliphatic carbocycles. The Hall–Kier alpha value is -2.18. The molecule has 0 atom stereocenters. The van der Waals surface area contributed by atoms with E-state index in [9.17, 15) is 13.2 Å². The number of anilines is 1. The van der Waals surface area contributed by atoms with Crippen LogP contribution < -0.4 is 5.32 Å². The number of nitrogens with zero attached hydrogens (tertiary/aromatic N) is 1. The summed E-state index contributed by atoms with van der Waals surface area (Å²) in [7, 11) is -3.36. The van der Waals surface area contributed by atoms with Crippen LogP contribution in [0.25, 0.3) is 0 Å². The number of carbonyl (C=O) groups is 1. The lowest BCUT2D eigenvalue weighted by atomic mass is 10.1. The van der Waals surface area contributed by atoms with Crippen LogP contribution in [-0.2, 0) is 21.2 Å². The Bertz CT molecular complexity index is 849. The van der Waals surface area contributed by atoms with E-state index in [1.165, 1.54) is 10.6 Å². The van der Waals surface area contributed by atoms with Crippen molar-refractivity contribution in [1.29, 1.82) is 0 Å². The lowest BCUT2D eigenvalue weighted by molar-refractivity contribution is -0.116. The third-order valence-electron chi connectivity index (χ3n) is 4.21. The van der Waals surface area contributed by atoms with Crippen LogP contribution in [0.1, 0.15) is 23.1 Å². The second kappa shape index (κ2) is 8.96. The number of nitrogens with one attached hydrogen (secondary N) is 1. The molecule has 0 saturated carbocycles. The van der Waals surface area contributed by atoms with Gasteiger partial charge in [-0.05, 0) is 37.5 Å². The molecule has 0 aliphatic heterocycles. The number of hydrogen-bond acceptors (Lipinski definition) is 3. The molecule has 0 fully saturated rings. The van der Waals surface area contributed by atoms with Crippen LogP contribution in [0.2, 0.25) is 0 Å². The van der Waals surface area contributed by atoms with E-state index in [0.717, 1.165) is 22.4 Å². The third kappa shape index (κ3) is 6.28. The lowest BCUT2D eigenvalue weighted by Gasteiger charge is -2.20. The maximum absolute atomic E-state index is 12.2. The smallest absolute Gasteiger partial charge is 0.225 e. The van der Waals surface area contributed by atoms with Gasteiger partial charge in [-0.25, -0.2) is 12.7 Å². The number of benzene rings is 2. The van der Waals surface area contributed by atoms with Gasteiger partial charge in [0.05, 0.1) is 6.26 Å². The van der Waals surface area contributed by atoms with E-state index in [-0.39, 0.29) is 18.9 Å². The number of hydrogen-bond donors (Lipinski definition) is 1. The quantitative estimate of drug-likeness (QED) is 0.772. The predicted molar refractivity (Wildman–Crippen MR) is 106 cm³/mol. The van der Waals surface area contributed by atoms with Crippen LogP contribution in [0, 0.1) is 13.8 Å². The molecule has 0 heterocycles. The molecular weight excluding hydrogens is 348 g/mol. The molecule has 0 saturated heterocycles. The summed E-state index contributed by atoms with van der Waals surface area (Å²) < 4.78 is 25.4. The van der Waals surface area contributed by atoms with Crippen LogP contribution in [0.5, 0.6) is 0 Å². The molecule has 0 radical (unpaired) electrons. The minimum atomic E-state index is -3.36. The van der Waals surface area contributed by atoms with E-state index in [1.807, 2.05) is 62.4 Å². The average Bonchev–Trinajstić information content (AvgIpc) is 2.57. The van der Waals surface area contributed by atoms with Crippen LogP contribution in [0.4, 0.5) is 5.69 Å². The Balaban J connectivity index is 1.92. The number of sulfonamides is 1. The van der Waals surface area contributed by atoms with Gasteiger partial charge in [0, 0.05) is 25.2 Å². The van der Waals surface area contributed by atoms with Gasteiger partial charge in [-0.1, -0.05) is 48.0 Å². The maximum atomic E-state index is 12.2. The van der Waals surface area contributed by atoms with Crippen molar-refractivity contribution in [3.8, 4) is 0 Å². The molecule has 5 nitrogen and oxygen atoms in total. The van der Waals surface area contributed by atoms with E-state index >= 15 is 0 Å². The predicted octanol–water partition coefficient (Wildman–Crippen LogP) is 3.14. The largest absolute Gasteiger partial charge is 0.326 e. The first kappa shape index (κ1) is 20.1. The summed E-state index contributed by atoms with van der Waals surface area (Å²) in [4.78, 5) is 12.2. The molecule has 0 bridgehead atoms. The summed E-state index contributed by atoms with van der Waals surface area (Å²) in [5.41, 5.74) is 3.95. The van der Waals surface area contributed by atoms with E-state index in [2.05, 4.69) is 5.32 Å². The van der Waals surface area contributed by atoms with Gasteiger partial charge in [0.2, 0.25) is 15.9 Å². The molecule has 26 heavy (non-hydrogen) atoms. The second-order valence-electron chi connectivity index (χ2n) is 6.51. The highest BCUT2D eigenvalue weighted by atomic mass is 32.2. The standard InChI is InChI=1S/C20H26N2O3S/c1-16-9-10-19(17(2)15-16)21-20(23)12-14-22(26(3,24)25)13-11-18-7-5-4-6-8-18/h4-10,15H,11-14H2,1-3H3,(H,21,23). The highest BCUT2D eigenvalue weighted by Crippen LogP contribution is 2.16. The van der Waals surface area contributed by atoms with Crippen LogP contribution in [0.3, 0.4) is 0 Å².